The van der Waals surface area contributed by atoms with E-state index in [1.807, 2.05) is 35.1 Å². The Kier molecular flexibility index (Phi) is 8.47. The molecule has 0 bridgehead atoms. The fraction of sp³-hybridized carbons (Fsp3) is 0.185. The largest absolute Gasteiger partial charge is 0.383 e. The summed E-state index contributed by atoms with van der Waals surface area (Å²) in [5.74, 6) is -0.0586. The highest BCUT2D eigenvalue weighted by atomic mass is 35.5. The monoisotopic (exact) mass is 571 g/mol. The van der Waals surface area contributed by atoms with Gasteiger partial charge in [0.05, 0.1) is 17.9 Å². The van der Waals surface area contributed by atoms with Gasteiger partial charge >= 0.3 is 0 Å². The number of nitrogens with two attached hydrogens (primary N) is 1. The zero-order valence-electron chi connectivity index (χ0n) is 20.1. The van der Waals surface area contributed by atoms with E-state index in [-0.39, 0.29) is 24.8 Å². The van der Waals surface area contributed by atoms with Crippen LogP contribution in [-0.2, 0) is 0 Å². The second kappa shape index (κ2) is 11.6. The Labute approximate surface area is 236 Å². The normalized spacial score (nSPS) is 13.6. The van der Waals surface area contributed by atoms with Gasteiger partial charge in [-0.25, -0.2) is 19.3 Å². The quantitative estimate of drug-likeness (QED) is 0.260. The first kappa shape index (κ1) is 27.7. The van der Waals surface area contributed by atoms with Crippen molar-refractivity contribution in [2.45, 2.75) is 18.9 Å². The molecule has 196 valence electrons. The molecule has 0 atom stereocenters. The molecule has 0 saturated carbocycles. The number of anilines is 1. The first-order valence-electron chi connectivity index (χ1n) is 11.8. The lowest BCUT2D eigenvalue weighted by Crippen LogP contribution is -2.29. The van der Waals surface area contributed by atoms with Gasteiger partial charge in [-0.2, -0.15) is 5.10 Å². The predicted molar refractivity (Wildman–Crippen MR) is 154 cm³/mol. The Hall–Kier alpha value is -3.30. The summed E-state index contributed by atoms with van der Waals surface area (Å²) < 4.78 is 16.8. The highest BCUT2D eigenvalue weighted by molar-refractivity contribution is 6.30. The van der Waals surface area contributed by atoms with Gasteiger partial charge in [0.15, 0.2) is 5.65 Å². The van der Waals surface area contributed by atoms with Gasteiger partial charge in [0.2, 0.25) is 0 Å². The second-order valence-electron chi connectivity index (χ2n) is 8.90. The lowest BCUT2D eigenvalue weighted by molar-refractivity contribution is 0.343. The van der Waals surface area contributed by atoms with Crippen molar-refractivity contribution < 1.29 is 4.39 Å². The van der Waals surface area contributed by atoms with Crippen molar-refractivity contribution in [3.8, 4) is 33.5 Å². The maximum Gasteiger partial charge on any atom is 0.160 e. The van der Waals surface area contributed by atoms with Crippen LogP contribution in [0.1, 0.15) is 18.9 Å². The number of benzene rings is 1. The Balaban J connectivity index is 0.00000168. The third-order valence-corrected chi connectivity index (χ3v) is 6.85. The van der Waals surface area contributed by atoms with Crippen molar-refractivity contribution in [3.05, 3.63) is 78.1 Å². The number of hydrogen-bond donors (Lipinski definition) is 2. The molecular weight excluding hydrogens is 548 g/mol. The van der Waals surface area contributed by atoms with E-state index in [4.69, 9.17) is 17.3 Å². The van der Waals surface area contributed by atoms with E-state index >= 15 is 0 Å². The van der Waals surface area contributed by atoms with Gasteiger partial charge < -0.3 is 11.1 Å². The Bertz CT molecular complexity index is 1580. The summed E-state index contributed by atoms with van der Waals surface area (Å²) in [7, 11) is 0. The van der Waals surface area contributed by atoms with Crippen LogP contribution in [0.4, 0.5) is 10.2 Å². The molecule has 1 fully saturated rings. The number of pyridine rings is 3. The number of halogens is 4. The van der Waals surface area contributed by atoms with Crippen molar-refractivity contribution in [1.82, 2.24) is 30.0 Å². The number of aromatic nitrogens is 5. The van der Waals surface area contributed by atoms with Gasteiger partial charge in [0, 0.05) is 51.3 Å². The van der Waals surface area contributed by atoms with Crippen LogP contribution in [-0.4, -0.2) is 37.8 Å². The van der Waals surface area contributed by atoms with Crippen LogP contribution < -0.4 is 11.1 Å². The number of hydrogen-bond acceptors (Lipinski definition) is 6. The molecule has 0 amide bonds. The zero-order chi connectivity index (χ0) is 24.6. The average Bonchev–Trinajstić information content (AvgIpc) is 3.41. The summed E-state index contributed by atoms with van der Waals surface area (Å²) in [5.41, 5.74) is 10.9. The van der Waals surface area contributed by atoms with Crippen LogP contribution in [0.15, 0.2) is 67.3 Å². The summed E-state index contributed by atoms with van der Waals surface area (Å²) in [6.07, 6.45) is 9.42. The molecule has 0 unspecified atom stereocenters. The van der Waals surface area contributed by atoms with Crippen molar-refractivity contribution in [2.75, 3.05) is 18.8 Å². The van der Waals surface area contributed by atoms with Gasteiger partial charge in [-0.1, -0.05) is 11.6 Å². The molecule has 1 aromatic carbocycles. The van der Waals surface area contributed by atoms with Crippen LogP contribution in [0.3, 0.4) is 0 Å². The van der Waals surface area contributed by atoms with Gasteiger partial charge in [0.1, 0.15) is 11.6 Å². The summed E-state index contributed by atoms with van der Waals surface area (Å²) in [6.45, 7) is 1.98. The summed E-state index contributed by atoms with van der Waals surface area (Å²) in [5, 5.41) is 9.22. The maximum atomic E-state index is 14.7. The maximum absolute atomic E-state index is 14.7. The van der Waals surface area contributed by atoms with Gasteiger partial charge in [0.25, 0.3) is 0 Å². The molecule has 38 heavy (non-hydrogen) atoms. The van der Waals surface area contributed by atoms with E-state index in [1.54, 1.807) is 18.5 Å². The molecule has 7 nitrogen and oxygen atoms in total. The first-order valence-corrected chi connectivity index (χ1v) is 12.2. The lowest BCUT2D eigenvalue weighted by Gasteiger charge is -2.22. The molecule has 0 radical (unpaired) electrons. The van der Waals surface area contributed by atoms with Crippen molar-refractivity contribution >= 4 is 53.3 Å². The molecular formula is C27H25Cl3FN7. The smallest absolute Gasteiger partial charge is 0.160 e. The summed E-state index contributed by atoms with van der Waals surface area (Å²) >= 11 is 6.16. The minimum atomic E-state index is -0.418. The van der Waals surface area contributed by atoms with Crippen LogP contribution in [0.5, 0.6) is 0 Å². The summed E-state index contributed by atoms with van der Waals surface area (Å²) in [4.78, 5) is 13.5. The summed E-state index contributed by atoms with van der Waals surface area (Å²) in [6, 6.07) is 12.3. The molecule has 11 heteroatoms. The molecule has 1 saturated heterocycles. The third-order valence-electron chi connectivity index (χ3n) is 6.61. The zero-order valence-corrected chi connectivity index (χ0v) is 22.5. The van der Waals surface area contributed by atoms with Gasteiger partial charge in [-0.05, 0) is 74.0 Å². The topological polar surface area (TPSA) is 94.5 Å². The van der Waals surface area contributed by atoms with Crippen molar-refractivity contribution in [1.29, 1.82) is 0 Å². The molecule has 1 aliphatic rings. The number of fused-ring (bicyclic) bond motifs is 1. The molecule has 5 heterocycles. The number of rotatable bonds is 4. The molecule has 3 N–H and O–H groups in total. The number of piperidine rings is 1. The molecule has 6 rings (SSSR count). The molecule has 1 aliphatic heterocycles. The number of nitrogens with zero attached hydrogens (tertiary/aromatic N) is 5. The van der Waals surface area contributed by atoms with Gasteiger partial charge in [-0.3, -0.25) is 4.68 Å². The number of nitrogens with one attached hydrogen (secondary N) is 1. The molecule has 0 aliphatic carbocycles. The standard InChI is InChI=1S/C27H23ClFN7.2ClH/c28-18-3-4-24(29)23(11-18)25-12-21(20-2-1-7-32-27(20)35-25)22-10-16(13-33-26(22)30)17-14-34-36(15-17)19-5-8-31-9-6-19;;/h1-4,7,10-15,19,31H,5-6,8-9H2,(H2,30,33);2*1H. The SMILES string of the molecule is Cl.Cl.Nc1ncc(-c2cnn(C3CCNCC3)c2)cc1-c1cc(-c2cc(Cl)ccc2F)nc2ncccc12. The number of nitrogen functional groups attached to an aromatic ring is 1. The van der Waals surface area contributed by atoms with Crippen molar-refractivity contribution in [2.24, 2.45) is 0 Å². The molecule has 5 aromatic rings. The lowest BCUT2D eigenvalue weighted by atomic mass is 9.98. The minimum absolute atomic E-state index is 0. The molecule has 4 aromatic heterocycles. The molecule has 0 spiro atoms. The van der Waals surface area contributed by atoms with Crippen LogP contribution >= 0.6 is 36.4 Å². The van der Waals surface area contributed by atoms with Crippen LogP contribution in [0, 0.1) is 5.82 Å². The van der Waals surface area contributed by atoms with E-state index in [1.165, 1.54) is 12.1 Å². The van der Waals surface area contributed by atoms with Gasteiger partial charge in [-0.15, -0.1) is 24.8 Å². The minimum Gasteiger partial charge on any atom is -0.383 e. The van der Waals surface area contributed by atoms with Crippen molar-refractivity contribution in [3.63, 3.8) is 0 Å². The average molecular weight is 573 g/mol. The first-order chi connectivity index (χ1) is 17.6. The van der Waals surface area contributed by atoms with E-state index in [0.29, 0.717) is 39.4 Å². The fourth-order valence-corrected chi connectivity index (χ4v) is 4.89. The van der Waals surface area contributed by atoms with E-state index in [2.05, 4.69) is 31.6 Å². The van der Waals surface area contributed by atoms with Crippen LogP contribution in [0.25, 0.3) is 44.5 Å². The van der Waals surface area contributed by atoms with E-state index in [9.17, 15) is 4.39 Å². The van der Waals surface area contributed by atoms with E-state index < -0.39 is 5.82 Å². The second-order valence-corrected chi connectivity index (χ2v) is 9.34. The van der Waals surface area contributed by atoms with E-state index in [0.717, 1.165) is 48.0 Å². The highest BCUT2D eigenvalue weighted by Crippen LogP contribution is 2.37. The third kappa shape index (κ3) is 5.31. The Morgan fingerprint density at radius 2 is 1.76 bits per heavy atom. The Morgan fingerprint density at radius 1 is 0.947 bits per heavy atom. The fourth-order valence-electron chi connectivity index (χ4n) is 4.72. The highest BCUT2D eigenvalue weighted by Gasteiger charge is 2.19. The van der Waals surface area contributed by atoms with Crippen LogP contribution in [0.2, 0.25) is 5.02 Å². The predicted octanol–water partition coefficient (Wildman–Crippen LogP) is 6.37. The Morgan fingerprint density at radius 3 is 2.58 bits per heavy atom.